The number of carbonyl (C=O) groups excluding carboxylic acids is 2. The highest BCUT2D eigenvalue weighted by atomic mass is 16.5. The van der Waals surface area contributed by atoms with Gasteiger partial charge in [-0.15, -0.1) is 0 Å². The molecule has 2 rings (SSSR count). The van der Waals surface area contributed by atoms with Crippen molar-refractivity contribution in [3.63, 3.8) is 0 Å². The molecule has 1 aromatic heterocycles. The van der Waals surface area contributed by atoms with Crippen LogP contribution in [0, 0.1) is 5.41 Å². The predicted octanol–water partition coefficient (Wildman–Crippen LogP) is 3.22. The molecule has 0 aliphatic heterocycles. The van der Waals surface area contributed by atoms with E-state index in [0.717, 1.165) is 32.1 Å². The first-order valence-corrected chi connectivity index (χ1v) is 6.36. The fourth-order valence-corrected chi connectivity index (χ4v) is 2.72. The summed E-state index contributed by atoms with van der Waals surface area (Å²) in [5, 5.41) is 0. The van der Waals surface area contributed by atoms with Gasteiger partial charge in [0, 0.05) is 5.41 Å². The molecule has 98 valence electrons. The first-order valence-electron chi connectivity index (χ1n) is 6.36. The van der Waals surface area contributed by atoms with Crippen LogP contribution in [0.25, 0.3) is 0 Å². The monoisotopic (exact) mass is 250 g/mol. The van der Waals surface area contributed by atoms with Gasteiger partial charge in [-0.3, -0.25) is 4.79 Å². The van der Waals surface area contributed by atoms with Crippen LogP contribution in [0.5, 0.6) is 0 Å². The number of furan rings is 1. The molecule has 1 aliphatic rings. The fraction of sp³-hybridized carbons (Fsp3) is 0.571. The minimum atomic E-state index is -0.550. The Morgan fingerprint density at radius 3 is 2.44 bits per heavy atom. The summed E-state index contributed by atoms with van der Waals surface area (Å²) in [6.45, 7) is 2.04. The van der Waals surface area contributed by atoms with E-state index < -0.39 is 5.97 Å². The van der Waals surface area contributed by atoms with E-state index in [2.05, 4.69) is 4.74 Å². The molecule has 1 heterocycles. The minimum absolute atomic E-state index is 0.0256. The normalized spacial score (nSPS) is 17.7. The molecule has 0 atom stereocenters. The summed E-state index contributed by atoms with van der Waals surface area (Å²) in [6.07, 6.45) is 4.82. The maximum atomic E-state index is 12.5. The minimum Gasteiger partial charge on any atom is -0.463 e. The van der Waals surface area contributed by atoms with E-state index in [1.54, 1.807) is 6.07 Å². The van der Waals surface area contributed by atoms with Gasteiger partial charge in [0.2, 0.25) is 11.5 Å². The fourth-order valence-electron chi connectivity index (χ4n) is 2.72. The summed E-state index contributed by atoms with van der Waals surface area (Å²) in [6, 6.07) is 3.07. The number of carbonyl (C=O) groups is 2. The third-order valence-corrected chi connectivity index (χ3v) is 3.94. The molecule has 4 nitrogen and oxygen atoms in total. The molecular weight excluding hydrogens is 232 g/mol. The second-order valence-corrected chi connectivity index (χ2v) is 4.83. The molecule has 0 radical (unpaired) electrons. The van der Waals surface area contributed by atoms with Crippen LogP contribution in [0.4, 0.5) is 0 Å². The van der Waals surface area contributed by atoms with E-state index in [0.29, 0.717) is 0 Å². The summed E-state index contributed by atoms with van der Waals surface area (Å²) < 4.78 is 9.88. The van der Waals surface area contributed by atoms with Gasteiger partial charge < -0.3 is 9.15 Å². The van der Waals surface area contributed by atoms with Crippen molar-refractivity contribution in [1.29, 1.82) is 0 Å². The van der Waals surface area contributed by atoms with Crippen molar-refractivity contribution < 1.29 is 18.7 Å². The zero-order valence-corrected chi connectivity index (χ0v) is 10.8. The van der Waals surface area contributed by atoms with Gasteiger partial charge in [0.15, 0.2) is 5.76 Å². The van der Waals surface area contributed by atoms with Gasteiger partial charge in [-0.1, -0.05) is 19.8 Å². The Balaban J connectivity index is 2.23. The van der Waals surface area contributed by atoms with E-state index in [4.69, 9.17) is 4.42 Å². The molecule has 0 spiro atoms. The number of hydrogen-bond acceptors (Lipinski definition) is 4. The third kappa shape index (κ3) is 2.07. The van der Waals surface area contributed by atoms with Gasteiger partial charge in [0.05, 0.1) is 7.11 Å². The molecule has 0 bridgehead atoms. The van der Waals surface area contributed by atoms with E-state index in [1.807, 2.05) is 6.92 Å². The average Bonchev–Trinajstić information content (AvgIpc) is 3.06. The largest absolute Gasteiger partial charge is 0.463 e. The van der Waals surface area contributed by atoms with Crippen LogP contribution < -0.4 is 0 Å². The third-order valence-electron chi connectivity index (χ3n) is 3.94. The van der Waals surface area contributed by atoms with Crippen molar-refractivity contribution in [3.05, 3.63) is 23.7 Å². The zero-order valence-electron chi connectivity index (χ0n) is 10.8. The van der Waals surface area contributed by atoms with Gasteiger partial charge >= 0.3 is 5.97 Å². The standard InChI is InChI=1S/C14H18O4/c1-3-14(8-4-5-9-14)12(15)10-6-7-11(18-10)13(16)17-2/h6-7H,3-5,8-9H2,1-2H3. The lowest BCUT2D eigenvalue weighted by Crippen LogP contribution is -2.27. The van der Waals surface area contributed by atoms with Crippen molar-refractivity contribution in [2.24, 2.45) is 5.41 Å². The van der Waals surface area contributed by atoms with Crippen molar-refractivity contribution in [2.75, 3.05) is 7.11 Å². The molecule has 18 heavy (non-hydrogen) atoms. The number of rotatable bonds is 4. The van der Waals surface area contributed by atoms with E-state index in [9.17, 15) is 9.59 Å². The molecule has 0 saturated heterocycles. The quantitative estimate of drug-likeness (QED) is 0.608. The summed E-state index contributed by atoms with van der Waals surface area (Å²) in [7, 11) is 1.29. The highest BCUT2D eigenvalue weighted by Gasteiger charge is 2.41. The number of ketones is 1. The van der Waals surface area contributed by atoms with Crippen LogP contribution in [-0.2, 0) is 4.74 Å². The summed E-state index contributed by atoms with van der Waals surface area (Å²) in [4.78, 5) is 23.8. The lowest BCUT2D eigenvalue weighted by Gasteiger charge is -2.24. The molecule has 0 aromatic carbocycles. The van der Waals surface area contributed by atoms with Gasteiger partial charge in [-0.05, 0) is 31.4 Å². The molecule has 1 saturated carbocycles. The highest BCUT2D eigenvalue weighted by molar-refractivity contribution is 5.99. The Hall–Kier alpha value is -1.58. The Morgan fingerprint density at radius 1 is 1.28 bits per heavy atom. The first-order chi connectivity index (χ1) is 8.63. The Kier molecular flexibility index (Phi) is 3.55. The van der Waals surface area contributed by atoms with Gasteiger partial charge in [0.25, 0.3) is 0 Å². The molecule has 1 aromatic rings. The Bertz CT molecular complexity index is 452. The predicted molar refractivity (Wildman–Crippen MR) is 65.6 cm³/mol. The number of methoxy groups -OCH3 is 1. The topological polar surface area (TPSA) is 56.5 Å². The lowest BCUT2D eigenvalue weighted by atomic mass is 9.78. The highest BCUT2D eigenvalue weighted by Crippen LogP contribution is 2.43. The summed E-state index contributed by atoms with van der Waals surface area (Å²) in [5.74, 6) is -0.159. The van der Waals surface area contributed by atoms with Crippen molar-refractivity contribution in [2.45, 2.75) is 39.0 Å². The summed E-state index contributed by atoms with van der Waals surface area (Å²) >= 11 is 0. The molecule has 0 amide bonds. The number of esters is 1. The molecule has 0 unspecified atom stereocenters. The molecule has 0 N–H and O–H groups in total. The maximum Gasteiger partial charge on any atom is 0.373 e. The maximum absolute atomic E-state index is 12.5. The second kappa shape index (κ2) is 4.96. The smallest absolute Gasteiger partial charge is 0.373 e. The second-order valence-electron chi connectivity index (χ2n) is 4.83. The van der Waals surface area contributed by atoms with Crippen LogP contribution in [-0.4, -0.2) is 18.9 Å². The van der Waals surface area contributed by atoms with Crippen molar-refractivity contribution in [1.82, 2.24) is 0 Å². The summed E-state index contributed by atoms with van der Waals surface area (Å²) in [5.41, 5.74) is -0.286. The van der Waals surface area contributed by atoms with E-state index >= 15 is 0 Å². The van der Waals surface area contributed by atoms with Crippen LogP contribution in [0.1, 0.15) is 60.1 Å². The number of Topliss-reactive ketones (excluding diaryl/α,β-unsaturated/α-hetero) is 1. The Morgan fingerprint density at radius 2 is 1.89 bits per heavy atom. The number of ether oxygens (including phenoxy) is 1. The number of hydrogen-bond donors (Lipinski definition) is 0. The van der Waals surface area contributed by atoms with Crippen LogP contribution >= 0.6 is 0 Å². The average molecular weight is 250 g/mol. The first kappa shape index (κ1) is 12.9. The van der Waals surface area contributed by atoms with Crippen LogP contribution in [0.3, 0.4) is 0 Å². The van der Waals surface area contributed by atoms with Crippen LogP contribution in [0.15, 0.2) is 16.5 Å². The Labute approximate surface area is 106 Å². The molecule has 1 fully saturated rings. The van der Waals surface area contributed by atoms with Gasteiger partial charge in [-0.25, -0.2) is 4.79 Å². The van der Waals surface area contributed by atoms with E-state index in [1.165, 1.54) is 13.2 Å². The molecule has 4 heteroatoms. The van der Waals surface area contributed by atoms with E-state index in [-0.39, 0.29) is 22.7 Å². The SMILES string of the molecule is CCC1(C(=O)c2ccc(C(=O)OC)o2)CCCC1. The zero-order chi connectivity index (χ0) is 13.2. The van der Waals surface area contributed by atoms with Crippen molar-refractivity contribution >= 4 is 11.8 Å². The lowest BCUT2D eigenvalue weighted by molar-refractivity contribution is 0.0560. The molecular formula is C14H18O4. The van der Waals surface area contributed by atoms with Gasteiger partial charge in [0.1, 0.15) is 0 Å². The van der Waals surface area contributed by atoms with Gasteiger partial charge in [-0.2, -0.15) is 0 Å². The van der Waals surface area contributed by atoms with Crippen molar-refractivity contribution in [3.8, 4) is 0 Å². The van der Waals surface area contributed by atoms with Crippen LogP contribution in [0.2, 0.25) is 0 Å². The molecule has 1 aliphatic carbocycles.